The van der Waals surface area contributed by atoms with Crippen LogP contribution in [0.15, 0.2) is 54.6 Å². The maximum Gasteiger partial charge on any atom is 0.328 e. The van der Waals surface area contributed by atoms with E-state index < -0.39 is 42.1 Å². The van der Waals surface area contributed by atoms with Gasteiger partial charge < -0.3 is 41.1 Å². The van der Waals surface area contributed by atoms with Crippen molar-refractivity contribution in [3.8, 4) is 0 Å². The lowest BCUT2D eigenvalue weighted by atomic mass is 9.99. The summed E-state index contributed by atoms with van der Waals surface area (Å²) >= 11 is 0. The molecule has 0 bridgehead atoms. The molecule has 15 nitrogen and oxygen atoms in total. The summed E-state index contributed by atoms with van der Waals surface area (Å²) in [7, 11) is 0. The molecule has 2 aromatic carbocycles. The number of fused-ring (bicyclic) bond motifs is 3. The first-order valence-corrected chi connectivity index (χ1v) is 19.0. The van der Waals surface area contributed by atoms with Crippen LogP contribution in [-0.4, -0.2) is 113 Å². The van der Waals surface area contributed by atoms with E-state index >= 15 is 0 Å². The van der Waals surface area contributed by atoms with Crippen molar-refractivity contribution in [3.63, 3.8) is 0 Å². The number of carbonyl (C=O) groups is 7. The second-order valence-corrected chi connectivity index (χ2v) is 14.6. The number of urea groups is 1. The summed E-state index contributed by atoms with van der Waals surface area (Å²) in [6.45, 7) is 8.70. The summed E-state index contributed by atoms with van der Waals surface area (Å²) in [6.07, 6.45) is 3.88. The summed E-state index contributed by atoms with van der Waals surface area (Å²) < 4.78 is 5.38. The minimum Gasteiger partial charge on any atom is -0.464 e. The fraction of sp³-hybridized carbons (Fsp3) is 0.525. The number of amides is 7. The molecule has 6 rings (SSSR count). The van der Waals surface area contributed by atoms with Gasteiger partial charge in [0.05, 0.1) is 13.0 Å². The zero-order valence-corrected chi connectivity index (χ0v) is 32.3. The molecule has 4 aliphatic heterocycles. The monoisotopic (exact) mass is 761 g/mol. The highest BCUT2D eigenvalue weighted by atomic mass is 16.5. The summed E-state index contributed by atoms with van der Waals surface area (Å²) in [6, 6.07) is 14.3. The topological polar surface area (TPSA) is 201 Å². The van der Waals surface area contributed by atoms with Crippen LogP contribution in [0.25, 0.3) is 0 Å². The quantitative estimate of drug-likeness (QED) is 0.342. The summed E-state index contributed by atoms with van der Waals surface area (Å²) in [5.41, 5.74) is 7.97. The molecule has 0 aliphatic carbocycles. The van der Waals surface area contributed by atoms with Crippen molar-refractivity contribution in [2.45, 2.75) is 96.8 Å². The van der Waals surface area contributed by atoms with Crippen molar-refractivity contribution < 1.29 is 38.3 Å². The van der Waals surface area contributed by atoms with Crippen LogP contribution in [0.4, 0.5) is 10.5 Å². The van der Waals surface area contributed by atoms with Gasteiger partial charge >= 0.3 is 12.0 Å². The number of hydrogen-bond acceptors (Lipinski definition) is 8. The van der Waals surface area contributed by atoms with E-state index in [4.69, 9.17) is 10.5 Å². The number of primary amides is 1. The van der Waals surface area contributed by atoms with Gasteiger partial charge in [0.25, 0.3) is 0 Å². The highest BCUT2D eigenvalue weighted by Crippen LogP contribution is 2.27. The number of nitrogens with one attached hydrogen (secondary N) is 3. The second-order valence-electron chi connectivity index (χ2n) is 14.6. The van der Waals surface area contributed by atoms with Crippen LogP contribution in [-0.2, 0) is 33.5 Å². The first-order valence-electron chi connectivity index (χ1n) is 19.0. The van der Waals surface area contributed by atoms with Gasteiger partial charge in [-0.1, -0.05) is 60.5 Å². The van der Waals surface area contributed by atoms with Crippen LogP contribution in [0.1, 0.15) is 69.9 Å². The van der Waals surface area contributed by atoms with Crippen LogP contribution in [0.2, 0.25) is 0 Å². The maximum absolute atomic E-state index is 13.4. The van der Waals surface area contributed by atoms with Gasteiger partial charge in [-0.05, 0) is 77.3 Å². The molecule has 298 valence electrons. The Morgan fingerprint density at radius 1 is 0.800 bits per heavy atom. The molecule has 5 unspecified atom stereocenters. The predicted molar refractivity (Wildman–Crippen MR) is 205 cm³/mol. The van der Waals surface area contributed by atoms with Crippen LogP contribution < -0.4 is 21.7 Å². The summed E-state index contributed by atoms with van der Waals surface area (Å²) in [5.74, 6) is -2.13. The van der Waals surface area contributed by atoms with E-state index in [9.17, 15) is 33.6 Å². The molecule has 4 heterocycles. The maximum atomic E-state index is 13.4. The van der Waals surface area contributed by atoms with Gasteiger partial charge in [-0.3, -0.25) is 24.0 Å². The van der Waals surface area contributed by atoms with Crippen molar-refractivity contribution in [2.75, 3.05) is 38.1 Å². The normalized spacial score (nSPS) is 24.4. The third-order valence-electron chi connectivity index (χ3n) is 9.97. The Kier molecular flexibility index (Phi) is 15.6. The number of anilines is 1. The Bertz CT molecular complexity index is 1670. The molecule has 2 aromatic rings. The highest BCUT2D eigenvalue weighted by molar-refractivity contribution is 5.96. The molecule has 4 saturated heterocycles. The number of nitrogens with zero attached hydrogens (tertiary/aromatic N) is 3. The number of piperidine rings is 1. The van der Waals surface area contributed by atoms with E-state index in [0.717, 1.165) is 18.4 Å². The number of cyclic esters (lactones) is 1. The molecule has 7 amide bonds. The number of hydrogen-bond donors (Lipinski definition) is 4. The lowest BCUT2D eigenvalue weighted by Gasteiger charge is -2.38. The van der Waals surface area contributed by atoms with Crippen molar-refractivity contribution in [3.05, 3.63) is 65.7 Å². The van der Waals surface area contributed by atoms with Gasteiger partial charge in [0.1, 0.15) is 30.8 Å². The zero-order chi connectivity index (χ0) is 40.1. The van der Waals surface area contributed by atoms with Crippen molar-refractivity contribution in [2.24, 2.45) is 11.7 Å². The van der Waals surface area contributed by atoms with E-state index in [0.29, 0.717) is 51.0 Å². The SMILES string of the molecule is CC1CC2C(=O)OCCC(=O)N3CCCC3C(=O)N3CCCCC3C(=O)NC(C)C(=O)N2C1.Cc1ccc(NC(=O)NCC(N)=O)cc1.Cc1ccccc1. The fourth-order valence-corrected chi connectivity index (χ4v) is 7.11. The molecule has 0 radical (unpaired) electrons. The van der Waals surface area contributed by atoms with E-state index in [1.807, 2.05) is 44.2 Å². The average molecular weight is 762 g/mol. The van der Waals surface area contributed by atoms with Gasteiger partial charge in [0.2, 0.25) is 29.5 Å². The molecule has 15 heteroatoms. The first kappa shape index (κ1) is 42.3. The molecule has 4 fully saturated rings. The second kappa shape index (κ2) is 20.3. The molecule has 0 aromatic heterocycles. The Balaban J connectivity index is 0.000000250. The van der Waals surface area contributed by atoms with Gasteiger partial charge in [-0.2, -0.15) is 0 Å². The average Bonchev–Trinajstić information content (AvgIpc) is 3.82. The minimum atomic E-state index is -0.825. The minimum absolute atomic E-state index is 0.00788. The largest absolute Gasteiger partial charge is 0.464 e. The smallest absolute Gasteiger partial charge is 0.328 e. The lowest BCUT2D eigenvalue weighted by Crippen LogP contribution is -2.59. The van der Waals surface area contributed by atoms with Crippen molar-refractivity contribution in [1.29, 1.82) is 0 Å². The Labute approximate surface area is 322 Å². The summed E-state index contributed by atoms with van der Waals surface area (Å²) in [5, 5.41) is 7.67. The number of rotatable bonds is 3. The predicted octanol–water partition coefficient (Wildman–Crippen LogP) is 2.64. The number of esters is 1. The number of aryl methyl sites for hydroxylation is 2. The van der Waals surface area contributed by atoms with Crippen molar-refractivity contribution in [1.82, 2.24) is 25.3 Å². The molecule has 55 heavy (non-hydrogen) atoms. The van der Waals surface area contributed by atoms with Crippen molar-refractivity contribution >= 4 is 47.2 Å². The molecule has 4 aliphatic rings. The van der Waals surface area contributed by atoms with Gasteiger partial charge in [-0.25, -0.2) is 9.59 Å². The molecule has 5 atom stereocenters. The third-order valence-corrected chi connectivity index (χ3v) is 9.97. The van der Waals surface area contributed by atoms with Gasteiger partial charge in [0.15, 0.2) is 0 Å². The van der Waals surface area contributed by atoms with E-state index in [-0.39, 0.29) is 49.1 Å². The number of benzene rings is 2. The van der Waals surface area contributed by atoms with Gasteiger partial charge in [-0.15, -0.1) is 0 Å². The molecular weight excluding hydrogens is 706 g/mol. The molecule has 0 spiro atoms. The Morgan fingerprint density at radius 3 is 2.11 bits per heavy atom. The fourth-order valence-electron chi connectivity index (χ4n) is 7.11. The Hall–Kier alpha value is -5.47. The van der Waals surface area contributed by atoms with Crippen LogP contribution >= 0.6 is 0 Å². The summed E-state index contributed by atoms with van der Waals surface area (Å²) in [4.78, 5) is 91.5. The van der Waals surface area contributed by atoms with Gasteiger partial charge in [0, 0.05) is 25.3 Å². The van der Waals surface area contributed by atoms with Crippen LogP contribution in [0.5, 0.6) is 0 Å². The zero-order valence-electron chi connectivity index (χ0n) is 32.3. The Morgan fingerprint density at radius 2 is 1.45 bits per heavy atom. The lowest BCUT2D eigenvalue weighted by molar-refractivity contribution is -0.156. The molecule has 5 N–H and O–H groups in total. The van der Waals surface area contributed by atoms with E-state index in [1.54, 1.807) is 28.9 Å². The van der Waals surface area contributed by atoms with E-state index in [2.05, 4.69) is 35.0 Å². The first-order chi connectivity index (χ1) is 26.2. The molecular formula is C40H55N7O8. The van der Waals surface area contributed by atoms with E-state index in [1.165, 1.54) is 10.5 Å². The van der Waals surface area contributed by atoms with Crippen LogP contribution in [0.3, 0.4) is 0 Å². The number of ether oxygens (including phenoxy) is 1. The highest BCUT2D eigenvalue weighted by Gasteiger charge is 2.44. The standard InChI is InChI=1S/C23H34N4O6.C10H13N3O2.C7H8/c1-14-12-18-23(32)33-11-8-19(28)25-10-5-7-17(25)22(31)26-9-4-3-6-16(26)20(29)24-15(2)21(30)27(18)13-14;1-7-2-4-8(5-3-7)13-10(15)12-6-9(11)14;1-7-5-3-2-4-6-7/h14-18H,3-13H2,1-2H3,(H,24,29);2-5H,6H2,1H3,(H2,11,14)(H2,12,13,15);2-6H,1H3. The third kappa shape index (κ3) is 12.3. The number of carbonyl (C=O) groups excluding carboxylic acids is 7. The number of nitrogens with two attached hydrogens (primary N) is 1. The molecule has 0 saturated carbocycles. The van der Waals surface area contributed by atoms with Crippen LogP contribution in [0, 0.1) is 19.8 Å².